The zero-order chi connectivity index (χ0) is 10.5. The Morgan fingerprint density at radius 2 is 2.00 bits per heavy atom. The van der Waals surface area contributed by atoms with Crippen LogP contribution in [0.3, 0.4) is 0 Å². The van der Waals surface area contributed by atoms with Crippen molar-refractivity contribution in [2.45, 2.75) is 57.1 Å². The highest BCUT2D eigenvalue weighted by atomic mass is 35.7. The van der Waals surface area contributed by atoms with Gasteiger partial charge in [0.05, 0.1) is 5.60 Å². The molecule has 0 N–H and O–H groups in total. The van der Waals surface area contributed by atoms with Gasteiger partial charge < -0.3 is 4.52 Å². The predicted octanol–water partition coefficient (Wildman–Crippen LogP) is 3.90. The van der Waals surface area contributed by atoms with Crippen LogP contribution in [0.2, 0.25) is 0 Å². The lowest BCUT2D eigenvalue weighted by molar-refractivity contribution is 0.0281. The normalized spacial score (nSPS) is 47.6. The molecule has 2 nitrogen and oxygen atoms in total. The first-order valence-electron chi connectivity index (χ1n) is 6.13. The number of rotatable bonds is 1. The Morgan fingerprint density at radius 3 is 2.73 bits per heavy atom. The van der Waals surface area contributed by atoms with Crippen molar-refractivity contribution < 1.29 is 4.52 Å². The molecule has 0 amide bonds. The summed E-state index contributed by atoms with van der Waals surface area (Å²) in [5.41, 5.74) is 0.0699. The van der Waals surface area contributed by atoms with Crippen molar-refractivity contribution >= 4 is 18.9 Å². The quantitative estimate of drug-likeness (QED) is 0.652. The number of halogens is 1. The van der Waals surface area contributed by atoms with Gasteiger partial charge >= 0.3 is 0 Å². The molecule has 0 spiro atoms. The second-order valence-electron chi connectivity index (χ2n) is 5.30. The van der Waals surface area contributed by atoms with Gasteiger partial charge in [0.2, 0.25) is 7.65 Å². The first-order chi connectivity index (χ1) is 7.22. The molecule has 2 saturated heterocycles. The predicted molar refractivity (Wildman–Crippen MR) is 63.9 cm³/mol. The lowest BCUT2D eigenvalue weighted by atomic mass is 9.81. The van der Waals surface area contributed by atoms with E-state index in [1.165, 1.54) is 38.5 Å². The van der Waals surface area contributed by atoms with E-state index in [-0.39, 0.29) is 5.60 Å². The molecule has 4 heteroatoms. The Bertz CT molecular complexity index is 259. The largest absolute Gasteiger partial charge is 0.323 e. The Kier molecular flexibility index (Phi) is 2.76. The van der Waals surface area contributed by atoms with Gasteiger partial charge in [-0.15, -0.1) is 0 Å². The van der Waals surface area contributed by atoms with E-state index in [1.807, 2.05) is 0 Å². The molecule has 0 aromatic heterocycles. The van der Waals surface area contributed by atoms with Crippen LogP contribution in [-0.4, -0.2) is 22.9 Å². The number of hydrogen-bond acceptors (Lipinski definition) is 2. The summed E-state index contributed by atoms with van der Waals surface area (Å²) in [5, 5.41) is 0. The summed E-state index contributed by atoms with van der Waals surface area (Å²) >= 11 is 6.34. The molecule has 0 bridgehead atoms. The van der Waals surface area contributed by atoms with Crippen LogP contribution < -0.4 is 0 Å². The zero-order valence-electron chi connectivity index (χ0n) is 9.29. The molecule has 1 saturated carbocycles. The number of hydrogen-bond donors (Lipinski definition) is 0. The van der Waals surface area contributed by atoms with Crippen LogP contribution in [0.15, 0.2) is 0 Å². The van der Waals surface area contributed by atoms with Gasteiger partial charge in [0.25, 0.3) is 0 Å². The fourth-order valence-corrected chi connectivity index (χ4v) is 6.20. The Morgan fingerprint density at radius 1 is 1.27 bits per heavy atom. The summed E-state index contributed by atoms with van der Waals surface area (Å²) in [6, 6.07) is 0.615. The minimum atomic E-state index is -0.804. The van der Waals surface area contributed by atoms with E-state index in [1.54, 1.807) is 0 Å². The Labute approximate surface area is 98.0 Å². The van der Waals surface area contributed by atoms with Crippen molar-refractivity contribution in [2.24, 2.45) is 5.92 Å². The van der Waals surface area contributed by atoms with Crippen LogP contribution in [0.25, 0.3) is 0 Å². The summed E-state index contributed by atoms with van der Waals surface area (Å²) in [6.45, 7) is 3.47. The van der Waals surface area contributed by atoms with Crippen LogP contribution in [0, 0.1) is 5.92 Å². The van der Waals surface area contributed by atoms with Gasteiger partial charge in [0.15, 0.2) is 0 Å². The van der Waals surface area contributed by atoms with Crippen molar-refractivity contribution in [3.63, 3.8) is 0 Å². The molecule has 1 aliphatic carbocycles. The Balaban J connectivity index is 1.84. The first-order valence-corrected chi connectivity index (χ1v) is 8.25. The highest BCUT2D eigenvalue weighted by Gasteiger charge is 2.56. The maximum atomic E-state index is 6.34. The second kappa shape index (κ2) is 3.84. The van der Waals surface area contributed by atoms with Gasteiger partial charge in [-0.25, -0.2) is 4.67 Å². The summed E-state index contributed by atoms with van der Waals surface area (Å²) < 4.78 is 8.58. The molecule has 3 rings (SSSR count). The van der Waals surface area contributed by atoms with Gasteiger partial charge in [0.1, 0.15) is 0 Å². The standard InChI is InChI=1S/C11H19ClNOP/c1-11(9-5-2-3-6-9)10-7-4-8-13(10)15(12)14-11/h9-10H,2-8H2,1H3/t10?,11-,15?/m1/s1. The summed E-state index contributed by atoms with van der Waals surface area (Å²) in [5.74, 6) is 0.759. The summed E-state index contributed by atoms with van der Waals surface area (Å²) in [7, 11) is -0.804. The monoisotopic (exact) mass is 247 g/mol. The third-order valence-corrected chi connectivity index (χ3v) is 6.74. The van der Waals surface area contributed by atoms with Gasteiger partial charge in [0, 0.05) is 12.6 Å². The van der Waals surface area contributed by atoms with Crippen molar-refractivity contribution in [3.8, 4) is 0 Å². The van der Waals surface area contributed by atoms with Crippen molar-refractivity contribution in [1.82, 2.24) is 4.67 Å². The molecule has 0 aromatic carbocycles. The van der Waals surface area contributed by atoms with Crippen LogP contribution in [0.1, 0.15) is 45.4 Å². The van der Waals surface area contributed by atoms with Gasteiger partial charge in [-0.05, 0) is 49.8 Å². The molecule has 15 heavy (non-hydrogen) atoms. The molecule has 3 atom stereocenters. The molecule has 2 heterocycles. The van der Waals surface area contributed by atoms with E-state index >= 15 is 0 Å². The van der Waals surface area contributed by atoms with Crippen molar-refractivity contribution in [1.29, 1.82) is 0 Å². The third-order valence-electron chi connectivity index (χ3n) is 4.53. The lowest BCUT2D eigenvalue weighted by Gasteiger charge is -2.34. The molecule has 0 aromatic rings. The fourth-order valence-electron chi connectivity index (χ4n) is 3.64. The first kappa shape index (κ1) is 10.8. The molecule has 0 radical (unpaired) electrons. The van der Waals surface area contributed by atoms with E-state index in [0.717, 1.165) is 12.5 Å². The fraction of sp³-hybridized carbons (Fsp3) is 1.00. The van der Waals surface area contributed by atoms with E-state index < -0.39 is 7.65 Å². The SMILES string of the molecule is C[C@]1(C2CCCC2)OP(Cl)N2CCCC21. The number of nitrogens with zero attached hydrogens (tertiary/aromatic N) is 1. The summed E-state index contributed by atoms with van der Waals surface area (Å²) in [4.78, 5) is 0. The average molecular weight is 248 g/mol. The molecular weight excluding hydrogens is 229 g/mol. The van der Waals surface area contributed by atoms with E-state index in [4.69, 9.17) is 15.8 Å². The van der Waals surface area contributed by atoms with Gasteiger partial charge in [-0.1, -0.05) is 12.8 Å². The van der Waals surface area contributed by atoms with E-state index in [0.29, 0.717) is 6.04 Å². The van der Waals surface area contributed by atoms with Crippen LogP contribution >= 0.6 is 18.9 Å². The van der Waals surface area contributed by atoms with E-state index in [9.17, 15) is 0 Å². The van der Waals surface area contributed by atoms with Gasteiger partial charge in [-0.2, -0.15) is 0 Å². The topological polar surface area (TPSA) is 12.5 Å². The number of fused-ring (bicyclic) bond motifs is 1. The maximum absolute atomic E-state index is 6.34. The molecule has 86 valence electrons. The molecule has 3 aliphatic rings. The minimum absolute atomic E-state index is 0.0699. The molecule has 2 aliphatic heterocycles. The summed E-state index contributed by atoms with van der Waals surface area (Å²) in [6.07, 6.45) is 8.06. The van der Waals surface area contributed by atoms with E-state index in [2.05, 4.69) is 11.6 Å². The Hall–Kier alpha value is 0.640. The highest BCUT2D eigenvalue weighted by molar-refractivity contribution is 7.78. The molecule has 2 unspecified atom stereocenters. The maximum Gasteiger partial charge on any atom is 0.207 e. The lowest BCUT2D eigenvalue weighted by Crippen LogP contribution is -2.44. The van der Waals surface area contributed by atoms with Crippen LogP contribution in [0.5, 0.6) is 0 Å². The average Bonchev–Trinajstić information content (AvgIpc) is 2.90. The smallest absolute Gasteiger partial charge is 0.207 e. The minimum Gasteiger partial charge on any atom is -0.323 e. The van der Waals surface area contributed by atoms with Gasteiger partial charge in [-0.3, -0.25) is 0 Å². The molecule has 3 fully saturated rings. The third kappa shape index (κ3) is 1.57. The highest BCUT2D eigenvalue weighted by Crippen LogP contribution is 2.64. The van der Waals surface area contributed by atoms with Crippen molar-refractivity contribution in [3.05, 3.63) is 0 Å². The zero-order valence-corrected chi connectivity index (χ0v) is 10.9. The van der Waals surface area contributed by atoms with Crippen LogP contribution in [0.4, 0.5) is 0 Å². The molecular formula is C11H19ClNOP. The second-order valence-corrected chi connectivity index (χ2v) is 7.32. The van der Waals surface area contributed by atoms with Crippen LogP contribution in [-0.2, 0) is 4.52 Å². The van der Waals surface area contributed by atoms with Crippen molar-refractivity contribution in [2.75, 3.05) is 6.54 Å².